The van der Waals surface area contributed by atoms with E-state index in [0.717, 1.165) is 0 Å². The van der Waals surface area contributed by atoms with E-state index < -0.39 is 17.9 Å². The van der Waals surface area contributed by atoms with Gasteiger partial charge in [0.25, 0.3) is 5.91 Å². The van der Waals surface area contributed by atoms with E-state index in [1.165, 1.54) is 12.3 Å². The van der Waals surface area contributed by atoms with Crippen LogP contribution >= 0.6 is 0 Å². The number of hydrogen-bond acceptors (Lipinski definition) is 5. The van der Waals surface area contributed by atoms with Crippen molar-refractivity contribution in [3.05, 3.63) is 24.2 Å². The Morgan fingerprint density at radius 1 is 1.32 bits per heavy atom. The predicted molar refractivity (Wildman–Crippen MR) is 64.0 cm³/mol. The highest BCUT2D eigenvalue weighted by Crippen LogP contribution is 1.98. The van der Waals surface area contributed by atoms with Crippen molar-refractivity contribution in [1.82, 2.24) is 16.2 Å². The van der Waals surface area contributed by atoms with Gasteiger partial charge in [-0.1, -0.05) is 0 Å². The first-order chi connectivity index (χ1) is 9.13. The molecule has 0 aromatic carbocycles. The molecule has 0 saturated carbocycles. The van der Waals surface area contributed by atoms with Crippen LogP contribution in [0.15, 0.2) is 22.8 Å². The van der Waals surface area contributed by atoms with Crippen LogP contribution < -0.4 is 16.2 Å². The summed E-state index contributed by atoms with van der Waals surface area (Å²) in [5.74, 6) is -0.686. The van der Waals surface area contributed by atoms with Crippen molar-refractivity contribution in [2.75, 3.05) is 13.2 Å². The molecule has 0 unspecified atom stereocenters. The number of rotatable bonds is 5. The van der Waals surface area contributed by atoms with E-state index in [9.17, 15) is 14.4 Å². The summed E-state index contributed by atoms with van der Waals surface area (Å²) in [5, 5.41) is 2.49. The van der Waals surface area contributed by atoms with Crippen LogP contribution in [0.3, 0.4) is 0 Å². The fraction of sp³-hybridized carbons (Fsp3) is 0.364. The molecular formula is C11H15N3O5. The average molecular weight is 269 g/mol. The van der Waals surface area contributed by atoms with Crippen molar-refractivity contribution < 1.29 is 23.5 Å². The summed E-state index contributed by atoms with van der Waals surface area (Å²) < 4.78 is 9.41. The van der Waals surface area contributed by atoms with E-state index in [0.29, 0.717) is 0 Å². The number of carbonyl (C=O) groups excluding carboxylic acids is 3. The minimum absolute atomic E-state index is 0.0128. The van der Waals surface area contributed by atoms with Gasteiger partial charge >= 0.3 is 6.09 Å². The summed E-state index contributed by atoms with van der Waals surface area (Å²) >= 11 is 0. The van der Waals surface area contributed by atoms with Crippen molar-refractivity contribution in [2.24, 2.45) is 0 Å². The molecule has 0 aliphatic rings. The maximum atomic E-state index is 11.4. The molecule has 1 aromatic rings. The lowest BCUT2D eigenvalue weighted by Crippen LogP contribution is -2.43. The van der Waals surface area contributed by atoms with Crippen LogP contribution in [-0.4, -0.2) is 31.1 Å². The second-order valence-corrected chi connectivity index (χ2v) is 3.38. The molecule has 0 fully saturated rings. The molecule has 0 bridgehead atoms. The fourth-order valence-electron chi connectivity index (χ4n) is 1.13. The number of hydrazine groups is 1. The molecule has 8 nitrogen and oxygen atoms in total. The van der Waals surface area contributed by atoms with Gasteiger partial charge in [-0.2, -0.15) is 0 Å². The maximum absolute atomic E-state index is 11.4. The van der Waals surface area contributed by atoms with E-state index in [2.05, 4.69) is 20.9 Å². The molecule has 104 valence electrons. The first-order valence-electron chi connectivity index (χ1n) is 5.66. The number of nitrogens with one attached hydrogen (secondary N) is 3. The van der Waals surface area contributed by atoms with Crippen LogP contribution in [-0.2, 0) is 9.53 Å². The molecule has 0 aliphatic heterocycles. The summed E-state index contributed by atoms with van der Waals surface area (Å²) in [6.45, 7) is 1.97. The molecule has 3 N–H and O–H groups in total. The molecule has 1 heterocycles. The lowest BCUT2D eigenvalue weighted by Gasteiger charge is -2.07. The zero-order valence-electron chi connectivity index (χ0n) is 10.4. The third-order valence-electron chi connectivity index (χ3n) is 1.96. The second kappa shape index (κ2) is 7.75. The Morgan fingerprint density at radius 2 is 2.11 bits per heavy atom. The van der Waals surface area contributed by atoms with Crippen LogP contribution in [0.1, 0.15) is 23.9 Å². The molecule has 8 heteroatoms. The molecule has 0 radical (unpaired) electrons. The molecule has 0 aliphatic carbocycles. The Balaban J connectivity index is 2.14. The van der Waals surface area contributed by atoms with Crippen LogP contribution in [0.5, 0.6) is 0 Å². The van der Waals surface area contributed by atoms with Crippen molar-refractivity contribution in [1.29, 1.82) is 0 Å². The first-order valence-corrected chi connectivity index (χ1v) is 5.66. The monoisotopic (exact) mass is 269 g/mol. The third kappa shape index (κ3) is 5.57. The topological polar surface area (TPSA) is 110 Å². The van der Waals surface area contributed by atoms with Crippen molar-refractivity contribution in [3.8, 4) is 0 Å². The quantitative estimate of drug-likeness (QED) is 0.660. The normalized spacial score (nSPS) is 9.53. The standard InChI is InChI=1S/C11H15N3O5/c1-2-18-11(17)14-13-9(15)5-6-12-10(16)8-4-3-7-19-8/h3-4,7H,2,5-6H2,1H3,(H,12,16)(H,13,15)(H,14,17). The summed E-state index contributed by atoms with van der Waals surface area (Å²) in [7, 11) is 0. The first kappa shape index (κ1) is 14.6. The highest BCUT2D eigenvalue weighted by molar-refractivity contribution is 5.91. The van der Waals surface area contributed by atoms with Gasteiger partial charge in [-0.15, -0.1) is 0 Å². The lowest BCUT2D eigenvalue weighted by atomic mass is 10.3. The summed E-state index contributed by atoms with van der Waals surface area (Å²) in [4.78, 5) is 33.5. The molecule has 0 atom stereocenters. The highest BCUT2D eigenvalue weighted by atomic mass is 16.5. The van der Waals surface area contributed by atoms with Crippen LogP contribution in [0.2, 0.25) is 0 Å². The molecule has 0 saturated heterocycles. The minimum atomic E-state index is -0.740. The Bertz CT molecular complexity index is 430. The molecule has 19 heavy (non-hydrogen) atoms. The minimum Gasteiger partial charge on any atom is -0.459 e. The molecule has 1 rings (SSSR count). The Labute approximate surface area is 109 Å². The predicted octanol–water partition coefficient (Wildman–Crippen LogP) is 0.177. The van der Waals surface area contributed by atoms with Gasteiger partial charge in [-0.25, -0.2) is 10.2 Å². The van der Waals surface area contributed by atoms with Crippen molar-refractivity contribution >= 4 is 17.9 Å². The fourth-order valence-corrected chi connectivity index (χ4v) is 1.13. The summed E-state index contributed by atoms with van der Waals surface area (Å²) in [6.07, 6.45) is 0.652. The number of furan rings is 1. The van der Waals surface area contributed by atoms with E-state index in [1.54, 1.807) is 13.0 Å². The number of hydrogen-bond donors (Lipinski definition) is 3. The number of carbonyl (C=O) groups is 3. The zero-order chi connectivity index (χ0) is 14.1. The zero-order valence-corrected chi connectivity index (χ0v) is 10.4. The molecule has 1 aromatic heterocycles. The van der Waals surface area contributed by atoms with Crippen LogP contribution in [0.25, 0.3) is 0 Å². The van der Waals surface area contributed by atoms with Gasteiger partial charge in [-0.05, 0) is 19.1 Å². The Hall–Kier alpha value is -2.51. The van der Waals surface area contributed by atoms with Crippen LogP contribution in [0.4, 0.5) is 4.79 Å². The SMILES string of the molecule is CCOC(=O)NNC(=O)CCNC(=O)c1ccco1. The van der Waals surface area contributed by atoms with Gasteiger partial charge in [0.2, 0.25) is 5.91 Å². The van der Waals surface area contributed by atoms with Gasteiger partial charge in [-0.3, -0.25) is 15.0 Å². The van der Waals surface area contributed by atoms with E-state index in [1.807, 2.05) is 0 Å². The summed E-state index contributed by atoms with van der Waals surface area (Å²) in [6, 6.07) is 3.10. The van der Waals surface area contributed by atoms with Gasteiger partial charge in [0.1, 0.15) is 0 Å². The molecule has 3 amide bonds. The number of amides is 3. The highest BCUT2D eigenvalue weighted by Gasteiger charge is 2.09. The van der Waals surface area contributed by atoms with Crippen LogP contribution in [0, 0.1) is 0 Å². The Morgan fingerprint density at radius 3 is 2.74 bits per heavy atom. The van der Waals surface area contributed by atoms with Gasteiger partial charge in [0.15, 0.2) is 5.76 Å². The van der Waals surface area contributed by atoms with Crippen molar-refractivity contribution in [3.63, 3.8) is 0 Å². The second-order valence-electron chi connectivity index (χ2n) is 3.38. The van der Waals surface area contributed by atoms with E-state index in [4.69, 9.17) is 4.42 Å². The smallest absolute Gasteiger partial charge is 0.426 e. The molecular weight excluding hydrogens is 254 g/mol. The van der Waals surface area contributed by atoms with Gasteiger partial charge in [0.05, 0.1) is 12.9 Å². The molecule has 0 spiro atoms. The van der Waals surface area contributed by atoms with E-state index >= 15 is 0 Å². The van der Waals surface area contributed by atoms with Gasteiger partial charge in [0, 0.05) is 13.0 Å². The van der Waals surface area contributed by atoms with Crippen molar-refractivity contribution in [2.45, 2.75) is 13.3 Å². The Kier molecular flexibility index (Phi) is 5.93. The maximum Gasteiger partial charge on any atom is 0.426 e. The average Bonchev–Trinajstić information content (AvgIpc) is 2.90. The number of ether oxygens (including phenoxy) is 1. The van der Waals surface area contributed by atoms with E-state index in [-0.39, 0.29) is 25.3 Å². The lowest BCUT2D eigenvalue weighted by molar-refractivity contribution is -0.121. The van der Waals surface area contributed by atoms with Gasteiger partial charge < -0.3 is 14.5 Å². The largest absolute Gasteiger partial charge is 0.459 e. The summed E-state index contributed by atoms with van der Waals surface area (Å²) in [5.41, 5.74) is 4.19. The third-order valence-corrected chi connectivity index (χ3v) is 1.96.